The molecule has 0 fully saturated rings. The van der Waals surface area contributed by atoms with Crippen LogP contribution in [0.2, 0.25) is 0 Å². The molecule has 0 aliphatic heterocycles. The number of phenolic OH excluding ortho intramolecular Hbond substituents is 1. The Bertz CT molecular complexity index is 286. The fourth-order valence-electron chi connectivity index (χ4n) is 0.973. The third-order valence-electron chi connectivity index (χ3n) is 1.64. The average Bonchev–Trinajstić information content (AvgIpc) is 2.10. The van der Waals surface area contributed by atoms with Crippen molar-refractivity contribution in [2.45, 2.75) is 6.04 Å². The van der Waals surface area contributed by atoms with Gasteiger partial charge in [-0.1, -0.05) is 12.1 Å². The van der Waals surface area contributed by atoms with Gasteiger partial charge in [-0.25, -0.2) is 0 Å². The molecule has 0 saturated heterocycles. The molecule has 1 atom stereocenters. The van der Waals surface area contributed by atoms with Crippen molar-refractivity contribution in [2.75, 3.05) is 7.05 Å². The second-order valence-corrected chi connectivity index (χ2v) is 2.44. The quantitative estimate of drug-likeness (QED) is 0.686. The maximum absolute atomic E-state index is 8.98. The number of nitrogens with one attached hydrogen (secondary N) is 1. The van der Waals surface area contributed by atoms with Crippen LogP contribution in [0.3, 0.4) is 0 Å². The summed E-state index contributed by atoms with van der Waals surface area (Å²) >= 11 is 0. The number of nitrogens with zero attached hydrogens (tertiary/aromatic N) is 1. The zero-order valence-corrected chi connectivity index (χ0v) is 6.78. The van der Waals surface area contributed by atoms with Crippen LogP contribution in [-0.2, 0) is 0 Å². The summed E-state index contributed by atoms with van der Waals surface area (Å²) in [5.74, 6) is 0.214. The van der Waals surface area contributed by atoms with Crippen molar-refractivity contribution in [1.29, 1.82) is 5.26 Å². The van der Waals surface area contributed by atoms with Gasteiger partial charge in [-0.3, -0.25) is 0 Å². The number of rotatable bonds is 2. The van der Waals surface area contributed by atoms with Crippen LogP contribution in [0.1, 0.15) is 11.6 Å². The summed E-state index contributed by atoms with van der Waals surface area (Å²) in [5.41, 5.74) is 0.859. The molecule has 1 rings (SSSR count). The first-order valence-electron chi connectivity index (χ1n) is 3.63. The molecule has 0 aromatic heterocycles. The van der Waals surface area contributed by atoms with Gasteiger partial charge in [0.25, 0.3) is 0 Å². The van der Waals surface area contributed by atoms with E-state index in [4.69, 9.17) is 10.4 Å². The van der Waals surface area contributed by atoms with Crippen LogP contribution in [0.15, 0.2) is 24.3 Å². The van der Waals surface area contributed by atoms with Crippen molar-refractivity contribution in [1.82, 2.24) is 5.32 Å². The normalized spacial score (nSPS) is 12.0. The van der Waals surface area contributed by atoms with Gasteiger partial charge in [-0.2, -0.15) is 5.26 Å². The van der Waals surface area contributed by atoms with Crippen LogP contribution in [0.5, 0.6) is 5.75 Å². The van der Waals surface area contributed by atoms with Crippen molar-refractivity contribution in [3.63, 3.8) is 0 Å². The first-order chi connectivity index (χ1) is 5.77. The van der Waals surface area contributed by atoms with Gasteiger partial charge < -0.3 is 10.4 Å². The zero-order chi connectivity index (χ0) is 8.97. The second kappa shape index (κ2) is 3.74. The molecule has 0 amide bonds. The minimum Gasteiger partial charge on any atom is -0.508 e. The molecular weight excluding hydrogens is 152 g/mol. The Labute approximate surface area is 71.3 Å². The van der Waals surface area contributed by atoms with E-state index in [-0.39, 0.29) is 11.8 Å². The summed E-state index contributed by atoms with van der Waals surface area (Å²) in [6.07, 6.45) is 0. The summed E-state index contributed by atoms with van der Waals surface area (Å²) in [4.78, 5) is 0. The first-order valence-corrected chi connectivity index (χ1v) is 3.63. The third kappa shape index (κ3) is 1.74. The number of phenols is 1. The molecular formula is C9H10N2O. The Morgan fingerprint density at radius 3 is 2.42 bits per heavy atom. The fourth-order valence-corrected chi connectivity index (χ4v) is 0.973. The van der Waals surface area contributed by atoms with Gasteiger partial charge in [-0.15, -0.1) is 0 Å². The van der Waals surface area contributed by atoms with E-state index < -0.39 is 0 Å². The van der Waals surface area contributed by atoms with E-state index >= 15 is 0 Å². The first kappa shape index (κ1) is 8.57. The smallest absolute Gasteiger partial charge is 0.121 e. The van der Waals surface area contributed by atoms with Gasteiger partial charge in [0.15, 0.2) is 0 Å². The molecule has 0 radical (unpaired) electrons. The molecule has 0 spiro atoms. The standard InChI is InChI=1S/C9H10N2O/c1-11-9(6-10)7-2-4-8(12)5-3-7/h2-5,9,11-12H,1H3/t9-/m0/s1. The molecule has 0 bridgehead atoms. The second-order valence-electron chi connectivity index (χ2n) is 2.44. The van der Waals surface area contributed by atoms with Gasteiger partial charge in [0.1, 0.15) is 11.8 Å². The Morgan fingerprint density at radius 2 is 2.00 bits per heavy atom. The lowest BCUT2D eigenvalue weighted by atomic mass is 10.1. The predicted molar refractivity (Wildman–Crippen MR) is 45.5 cm³/mol. The number of hydrogen-bond acceptors (Lipinski definition) is 3. The summed E-state index contributed by atoms with van der Waals surface area (Å²) in [6.45, 7) is 0. The van der Waals surface area contributed by atoms with Crippen molar-refractivity contribution in [3.8, 4) is 11.8 Å². The molecule has 1 aromatic rings. The van der Waals surface area contributed by atoms with Crippen molar-refractivity contribution in [3.05, 3.63) is 29.8 Å². The highest BCUT2D eigenvalue weighted by atomic mass is 16.3. The predicted octanol–water partition coefficient (Wildman–Crippen LogP) is 1.18. The molecule has 0 aliphatic carbocycles. The van der Waals surface area contributed by atoms with Gasteiger partial charge in [0.05, 0.1) is 6.07 Å². The minimum absolute atomic E-state index is 0.214. The minimum atomic E-state index is -0.300. The monoisotopic (exact) mass is 162 g/mol. The molecule has 3 heteroatoms. The van der Waals surface area contributed by atoms with Gasteiger partial charge in [0.2, 0.25) is 0 Å². The molecule has 0 unspecified atom stereocenters. The van der Waals surface area contributed by atoms with E-state index in [2.05, 4.69) is 11.4 Å². The highest BCUT2D eigenvalue weighted by molar-refractivity contribution is 5.30. The molecule has 2 N–H and O–H groups in total. The van der Waals surface area contributed by atoms with Crippen molar-refractivity contribution >= 4 is 0 Å². The SMILES string of the molecule is CN[C@@H](C#N)c1ccc(O)cc1. The molecule has 62 valence electrons. The third-order valence-corrected chi connectivity index (χ3v) is 1.64. The molecule has 12 heavy (non-hydrogen) atoms. The Hall–Kier alpha value is -1.53. The fraction of sp³-hybridized carbons (Fsp3) is 0.222. The van der Waals surface area contributed by atoms with E-state index in [9.17, 15) is 0 Å². The summed E-state index contributed by atoms with van der Waals surface area (Å²) in [5, 5.41) is 20.5. The Balaban J connectivity index is 2.89. The number of aromatic hydroxyl groups is 1. The van der Waals surface area contributed by atoms with E-state index in [1.807, 2.05) is 0 Å². The van der Waals surface area contributed by atoms with Crippen molar-refractivity contribution < 1.29 is 5.11 Å². The van der Waals surface area contributed by atoms with E-state index in [1.165, 1.54) is 0 Å². The van der Waals surface area contributed by atoms with Gasteiger partial charge >= 0.3 is 0 Å². The van der Waals surface area contributed by atoms with Crippen molar-refractivity contribution in [2.24, 2.45) is 0 Å². The number of benzene rings is 1. The largest absolute Gasteiger partial charge is 0.508 e. The van der Waals surface area contributed by atoms with Crippen LogP contribution in [0.25, 0.3) is 0 Å². The zero-order valence-electron chi connectivity index (χ0n) is 6.78. The van der Waals surface area contributed by atoms with Crippen LogP contribution in [-0.4, -0.2) is 12.2 Å². The lowest BCUT2D eigenvalue weighted by Gasteiger charge is -2.06. The van der Waals surface area contributed by atoms with E-state index in [1.54, 1.807) is 31.3 Å². The number of nitriles is 1. The van der Waals surface area contributed by atoms with Crippen LogP contribution >= 0.6 is 0 Å². The Kier molecular flexibility index (Phi) is 2.67. The Morgan fingerprint density at radius 1 is 1.42 bits per heavy atom. The van der Waals surface area contributed by atoms with Gasteiger partial charge in [0, 0.05) is 0 Å². The highest BCUT2D eigenvalue weighted by Gasteiger charge is 2.05. The number of hydrogen-bond donors (Lipinski definition) is 2. The van der Waals surface area contributed by atoms with Gasteiger partial charge in [-0.05, 0) is 24.7 Å². The molecule has 0 aliphatic rings. The summed E-state index contributed by atoms with van der Waals surface area (Å²) < 4.78 is 0. The average molecular weight is 162 g/mol. The van der Waals surface area contributed by atoms with E-state index in [0.717, 1.165) is 5.56 Å². The molecule has 0 heterocycles. The lowest BCUT2D eigenvalue weighted by Crippen LogP contribution is -2.13. The lowest BCUT2D eigenvalue weighted by molar-refractivity contribution is 0.475. The summed E-state index contributed by atoms with van der Waals surface area (Å²) in [7, 11) is 1.72. The van der Waals surface area contributed by atoms with Crippen LogP contribution < -0.4 is 5.32 Å². The molecule has 1 aromatic carbocycles. The van der Waals surface area contributed by atoms with Crippen LogP contribution in [0, 0.1) is 11.3 Å². The van der Waals surface area contributed by atoms with Crippen LogP contribution in [0.4, 0.5) is 0 Å². The highest BCUT2D eigenvalue weighted by Crippen LogP contribution is 2.15. The molecule has 3 nitrogen and oxygen atoms in total. The summed E-state index contributed by atoms with van der Waals surface area (Å²) in [6, 6.07) is 8.37. The van der Waals surface area contributed by atoms with E-state index in [0.29, 0.717) is 0 Å². The maximum atomic E-state index is 8.98. The molecule has 0 saturated carbocycles. The topological polar surface area (TPSA) is 56.0 Å². The maximum Gasteiger partial charge on any atom is 0.121 e.